The van der Waals surface area contributed by atoms with Crippen molar-refractivity contribution in [1.29, 1.82) is 0 Å². The lowest BCUT2D eigenvalue weighted by Gasteiger charge is -2.40. The quantitative estimate of drug-likeness (QED) is 0.619. The van der Waals surface area contributed by atoms with E-state index in [2.05, 4.69) is 0 Å². The van der Waals surface area contributed by atoms with Crippen molar-refractivity contribution >= 4 is 5.78 Å². The molecular formula is C10H14O4. The summed E-state index contributed by atoms with van der Waals surface area (Å²) in [4.78, 5) is 11.6. The lowest BCUT2D eigenvalue weighted by atomic mass is 9.91. The number of carbonyl (C=O) groups is 1. The summed E-state index contributed by atoms with van der Waals surface area (Å²) in [6.45, 7) is 2.55. The highest BCUT2D eigenvalue weighted by atomic mass is 16.7. The van der Waals surface area contributed by atoms with Crippen molar-refractivity contribution in [3.63, 3.8) is 0 Å². The molecule has 1 saturated heterocycles. The van der Waals surface area contributed by atoms with Gasteiger partial charge in [-0.1, -0.05) is 6.92 Å². The number of aliphatic hydroxyl groups excluding tert-OH is 1. The first kappa shape index (κ1) is 9.83. The van der Waals surface area contributed by atoms with Crippen LogP contribution in [0.3, 0.4) is 0 Å². The smallest absolute Gasteiger partial charge is 0.235 e. The maximum absolute atomic E-state index is 11.6. The molecule has 1 spiro atoms. The van der Waals surface area contributed by atoms with Crippen LogP contribution in [-0.2, 0) is 14.3 Å². The van der Waals surface area contributed by atoms with Gasteiger partial charge >= 0.3 is 0 Å². The number of aliphatic hydroxyl groups is 1. The van der Waals surface area contributed by atoms with Crippen LogP contribution in [0.2, 0.25) is 0 Å². The van der Waals surface area contributed by atoms with Gasteiger partial charge in [0, 0.05) is 6.42 Å². The fraction of sp³-hybridized carbons (Fsp3) is 0.700. The number of ether oxygens (including phenoxy) is 2. The van der Waals surface area contributed by atoms with Gasteiger partial charge in [-0.2, -0.15) is 0 Å². The summed E-state index contributed by atoms with van der Waals surface area (Å²) in [5.41, 5.74) is 0. The summed E-state index contributed by atoms with van der Waals surface area (Å²) in [6.07, 6.45) is 3.09. The largest absolute Gasteiger partial charge is 0.365 e. The Morgan fingerprint density at radius 3 is 3.14 bits per heavy atom. The van der Waals surface area contributed by atoms with Crippen molar-refractivity contribution in [2.45, 2.75) is 31.8 Å². The molecule has 0 amide bonds. The van der Waals surface area contributed by atoms with E-state index < -0.39 is 12.1 Å². The first-order valence-corrected chi connectivity index (χ1v) is 4.85. The fourth-order valence-electron chi connectivity index (χ4n) is 1.89. The molecule has 0 radical (unpaired) electrons. The highest BCUT2D eigenvalue weighted by molar-refractivity contribution is 5.96. The molecular weight excluding hydrogens is 184 g/mol. The highest BCUT2D eigenvalue weighted by Crippen LogP contribution is 2.34. The summed E-state index contributed by atoms with van der Waals surface area (Å²) in [5, 5.41) is 9.29. The third-order valence-electron chi connectivity index (χ3n) is 2.66. The number of hydrogen-bond acceptors (Lipinski definition) is 4. The van der Waals surface area contributed by atoms with Gasteiger partial charge in [0.25, 0.3) is 0 Å². The second kappa shape index (κ2) is 3.46. The maximum atomic E-state index is 11.6. The Labute approximate surface area is 82.5 Å². The van der Waals surface area contributed by atoms with Crippen molar-refractivity contribution in [3.8, 4) is 0 Å². The Morgan fingerprint density at radius 2 is 2.43 bits per heavy atom. The van der Waals surface area contributed by atoms with Crippen LogP contribution in [0.25, 0.3) is 0 Å². The van der Waals surface area contributed by atoms with Gasteiger partial charge in [0.05, 0.1) is 6.61 Å². The Hall–Kier alpha value is -0.710. The summed E-state index contributed by atoms with van der Waals surface area (Å²) in [7, 11) is 0. The van der Waals surface area contributed by atoms with Gasteiger partial charge in [0.2, 0.25) is 11.6 Å². The fourth-order valence-corrected chi connectivity index (χ4v) is 1.89. The molecule has 0 aliphatic carbocycles. The van der Waals surface area contributed by atoms with E-state index in [1.807, 2.05) is 6.92 Å². The average Bonchev–Trinajstić information content (AvgIpc) is 2.12. The molecule has 2 aliphatic heterocycles. The van der Waals surface area contributed by atoms with Crippen LogP contribution in [0, 0.1) is 5.92 Å². The third kappa shape index (κ3) is 1.61. The van der Waals surface area contributed by atoms with Gasteiger partial charge in [-0.15, -0.1) is 0 Å². The molecule has 3 atom stereocenters. The van der Waals surface area contributed by atoms with Crippen molar-refractivity contribution in [3.05, 3.63) is 12.2 Å². The minimum Gasteiger partial charge on any atom is -0.365 e. The molecule has 1 fully saturated rings. The van der Waals surface area contributed by atoms with Crippen LogP contribution < -0.4 is 0 Å². The zero-order valence-corrected chi connectivity index (χ0v) is 8.10. The number of ketones is 1. The van der Waals surface area contributed by atoms with Crippen LogP contribution in [0.4, 0.5) is 0 Å². The Balaban J connectivity index is 2.21. The summed E-state index contributed by atoms with van der Waals surface area (Å²) < 4.78 is 10.6. The second-order valence-corrected chi connectivity index (χ2v) is 3.93. The Kier molecular flexibility index (Phi) is 2.43. The van der Waals surface area contributed by atoms with E-state index in [1.165, 1.54) is 12.2 Å². The van der Waals surface area contributed by atoms with Crippen LogP contribution in [0.5, 0.6) is 0 Å². The van der Waals surface area contributed by atoms with Crippen LogP contribution in [0.1, 0.15) is 19.8 Å². The molecule has 2 aliphatic rings. The summed E-state index contributed by atoms with van der Waals surface area (Å²) in [5.74, 6) is -1.04. The number of hydrogen-bond donors (Lipinski definition) is 1. The Morgan fingerprint density at radius 1 is 1.64 bits per heavy atom. The van der Waals surface area contributed by atoms with Gasteiger partial charge in [0.15, 0.2) is 6.29 Å². The van der Waals surface area contributed by atoms with Gasteiger partial charge < -0.3 is 14.6 Å². The van der Waals surface area contributed by atoms with Crippen LogP contribution >= 0.6 is 0 Å². The van der Waals surface area contributed by atoms with Crippen LogP contribution in [-0.4, -0.2) is 29.6 Å². The molecule has 0 aromatic carbocycles. The molecule has 4 heteroatoms. The van der Waals surface area contributed by atoms with Crippen molar-refractivity contribution < 1.29 is 19.4 Å². The molecule has 3 unspecified atom stereocenters. The third-order valence-corrected chi connectivity index (χ3v) is 2.66. The second-order valence-electron chi connectivity index (χ2n) is 3.93. The molecule has 0 aromatic heterocycles. The van der Waals surface area contributed by atoms with E-state index in [1.54, 1.807) is 0 Å². The SMILES string of the molecule is CC1CCOC2(C1)OC(O)C=CC2=O. The van der Waals surface area contributed by atoms with E-state index in [0.717, 1.165) is 6.42 Å². The first-order chi connectivity index (χ1) is 6.62. The van der Waals surface area contributed by atoms with E-state index >= 15 is 0 Å². The molecule has 0 aromatic rings. The average molecular weight is 198 g/mol. The van der Waals surface area contributed by atoms with Crippen molar-refractivity contribution in [1.82, 2.24) is 0 Å². The minimum atomic E-state index is -1.22. The highest BCUT2D eigenvalue weighted by Gasteiger charge is 2.46. The minimum absolute atomic E-state index is 0.200. The van der Waals surface area contributed by atoms with E-state index in [9.17, 15) is 9.90 Å². The van der Waals surface area contributed by atoms with Crippen molar-refractivity contribution in [2.75, 3.05) is 6.61 Å². The molecule has 1 N–H and O–H groups in total. The normalized spacial score (nSPS) is 43.1. The molecule has 2 rings (SSSR count). The molecule has 78 valence electrons. The zero-order valence-electron chi connectivity index (χ0n) is 8.10. The molecule has 14 heavy (non-hydrogen) atoms. The predicted molar refractivity (Wildman–Crippen MR) is 48.3 cm³/mol. The summed E-state index contributed by atoms with van der Waals surface area (Å²) in [6, 6.07) is 0. The van der Waals surface area contributed by atoms with E-state index in [0.29, 0.717) is 18.9 Å². The van der Waals surface area contributed by atoms with E-state index in [-0.39, 0.29) is 5.78 Å². The van der Waals surface area contributed by atoms with Gasteiger partial charge in [-0.3, -0.25) is 4.79 Å². The first-order valence-electron chi connectivity index (χ1n) is 4.85. The topological polar surface area (TPSA) is 55.8 Å². The molecule has 0 bridgehead atoms. The van der Waals surface area contributed by atoms with Gasteiger partial charge in [-0.25, -0.2) is 0 Å². The lowest BCUT2D eigenvalue weighted by molar-refractivity contribution is -0.290. The van der Waals surface area contributed by atoms with Crippen molar-refractivity contribution in [2.24, 2.45) is 5.92 Å². The standard InChI is InChI=1S/C10H14O4/c1-7-4-5-13-10(6-7)8(11)2-3-9(12)14-10/h2-3,7,9,12H,4-6H2,1H3. The van der Waals surface area contributed by atoms with E-state index in [4.69, 9.17) is 9.47 Å². The monoisotopic (exact) mass is 198 g/mol. The molecule has 4 nitrogen and oxygen atoms in total. The number of rotatable bonds is 0. The number of carbonyl (C=O) groups excluding carboxylic acids is 1. The molecule has 0 saturated carbocycles. The maximum Gasteiger partial charge on any atom is 0.235 e. The lowest BCUT2D eigenvalue weighted by Crippen LogP contribution is -2.51. The van der Waals surface area contributed by atoms with Crippen LogP contribution in [0.15, 0.2) is 12.2 Å². The molecule has 2 heterocycles. The van der Waals surface area contributed by atoms with Gasteiger partial charge in [-0.05, 0) is 24.5 Å². The summed E-state index contributed by atoms with van der Waals surface area (Å²) >= 11 is 0. The van der Waals surface area contributed by atoms with Gasteiger partial charge in [0.1, 0.15) is 0 Å². The zero-order chi connectivity index (χ0) is 10.2. The Bertz CT molecular complexity index is 273. The predicted octanol–water partition coefficient (Wildman–Crippen LogP) is 0.603.